The Morgan fingerprint density at radius 2 is 1.89 bits per heavy atom. The maximum atomic E-state index is 12.3. The van der Waals surface area contributed by atoms with Crippen molar-refractivity contribution >= 4 is 11.1 Å². The predicted molar refractivity (Wildman–Crippen MR) is 98.4 cm³/mol. The van der Waals surface area contributed by atoms with Crippen molar-refractivity contribution in [3.8, 4) is 0 Å². The molecule has 0 aliphatic carbocycles. The smallest absolute Gasteiger partial charge is 0.353 e. The first-order valence-corrected chi connectivity index (χ1v) is 9.69. The zero-order valence-electron chi connectivity index (χ0n) is 15.6. The number of aliphatic hydroxyl groups excluding tert-OH is 3. The molecule has 1 fully saturated rings. The Kier molecular flexibility index (Phi) is 6.64. The number of ether oxygens (including phenoxy) is 1. The number of unbranched alkanes of at least 4 members (excludes halogenated alkanes) is 5. The minimum Gasteiger partial charge on any atom is -0.443 e. The van der Waals surface area contributed by atoms with Crippen LogP contribution in [0, 0.1) is 0 Å². The van der Waals surface area contributed by atoms with Gasteiger partial charge in [-0.15, -0.1) is 0 Å². The molecular formula is C19H28N2O6. The molecule has 150 valence electrons. The molecule has 2 aromatic rings. The van der Waals surface area contributed by atoms with E-state index < -0.39 is 36.8 Å². The largest absolute Gasteiger partial charge is 0.443 e. The first kappa shape index (κ1) is 20.0. The van der Waals surface area contributed by atoms with Crippen molar-refractivity contribution in [1.82, 2.24) is 9.55 Å². The molecule has 1 aliphatic rings. The fourth-order valence-electron chi connectivity index (χ4n) is 3.47. The Bertz CT molecular complexity index is 801. The second kappa shape index (κ2) is 8.97. The van der Waals surface area contributed by atoms with E-state index in [0.717, 1.165) is 29.6 Å². The summed E-state index contributed by atoms with van der Waals surface area (Å²) in [6.07, 6.45) is 4.77. The molecule has 3 heterocycles. The molecular weight excluding hydrogens is 352 g/mol. The van der Waals surface area contributed by atoms with Crippen LogP contribution >= 0.6 is 0 Å². The maximum Gasteiger partial charge on any atom is 0.353 e. The Morgan fingerprint density at radius 1 is 1.15 bits per heavy atom. The third kappa shape index (κ3) is 4.40. The van der Waals surface area contributed by atoms with Crippen molar-refractivity contribution in [3.63, 3.8) is 0 Å². The summed E-state index contributed by atoms with van der Waals surface area (Å²) in [6, 6.07) is 1.84. The summed E-state index contributed by atoms with van der Waals surface area (Å²) in [7, 11) is 0. The number of aromatic nitrogens is 2. The van der Waals surface area contributed by atoms with Gasteiger partial charge in [0.1, 0.15) is 24.1 Å². The number of hydrogen-bond acceptors (Lipinski definition) is 7. The van der Waals surface area contributed by atoms with E-state index in [9.17, 15) is 20.1 Å². The lowest BCUT2D eigenvalue weighted by Crippen LogP contribution is -2.35. The average molecular weight is 380 g/mol. The molecule has 0 bridgehead atoms. The number of aliphatic hydroxyl groups is 3. The first-order chi connectivity index (χ1) is 13.0. The molecule has 3 rings (SSSR count). The van der Waals surface area contributed by atoms with E-state index >= 15 is 0 Å². The average Bonchev–Trinajstić information content (AvgIpc) is 3.18. The molecule has 1 aliphatic heterocycles. The van der Waals surface area contributed by atoms with E-state index in [2.05, 4.69) is 11.9 Å². The number of aryl methyl sites for hydroxylation is 1. The summed E-state index contributed by atoms with van der Waals surface area (Å²) < 4.78 is 12.2. The van der Waals surface area contributed by atoms with Gasteiger partial charge in [0.05, 0.1) is 12.0 Å². The Labute approximate surface area is 157 Å². The Hall–Kier alpha value is -1.74. The van der Waals surface area contributed by atoms with Crippen molar-refractivity contribution in [3.05, 3.63) is 28.5 Å². The summed E-state index contributed by atoms with van der Waals surface area (Å²) >= 11 is 0. The molecule has 1 saturated heterocycles. The third-order valence-electron chi connectivity index (χ3n) is 5.06. The fraction of sp³-hybridized carbons (Fsp3) is 0.684. The SMILES string of the molecule is CCCCCCCCc1cc2cn([C@@H]3O[C@H](CO)[C@@H](O)[C@@H]3O)c(=O)nc2o1. The van der Waals surface area contributed by atoms with Gasteiger partial charge in [-0.05, 0) is 12.5 Å². The van der Waals surface area contributed by atoms with Gasteiger partial charge in [-0.1, -0.05) is 39.0 Å². The van der Waals surface area contributed by atoms with Crippen LogP contribution in [0.2, 0.25) is 0 Å². The number of nitrogens with zero attached hydrogens (tertiary/aromatic N) is 2. The van der Waals surface area contributed by atoms with E-state index in [1.807, 2.05) is 6.07 Å². The molecule has 2 aromatic heterocycles. The van der Waals surface area contributed by atoms with Gasteiger partial charge in [0.2, 0.25) is 5.71 Å². The normalized spacial score (nSPS) is 25.5. The molecule has 27 heavy (non-hydrogen) atoms. The lowest BCUT2D eigenvalue weighted by molar-refractivity contribution is -0.0547. The maximum absolute atomic E-state index is 12.3. The predicted octanol–water partition coefficient (Wildman–Crippen LogP) is 1.50. The fourth-order valence-corrected chi connectivity index (χ4v) is 3.47. The van der Waals surface area contributed by atoms with Gasteiger partial charge >= 0.3 is 5.69 Å². The summed E-state index contributed by atoms with van der Waals surface area (Å²) in [6.45, 7) is 1.74. The van der Waals surface area contributed by atoms with Gasteiger partial charge in [-0.25, -0.2) is 4.79 Å². The first-order valence-electron chi connectivity index (χ1n) is 9.69. The van der Waals surface area contributed by atoms with Crippen LogP contribution < -0.4 is 5.69 Å². The summed E-state index contributed by atoms with van der Waals surface area (Å²) in [5.41, 5.74) is -0.387. The minimum atomic E-state index is -1.33. The minimum absolute atomic E-state index is 0.254. The monoisotopic (exact) mass is 380 g/mol. The zero-order valence-corrected chi connectivity index (χ0v) is 15.6. The van der Waals surface area contributed by atoms with Crippen LogP contribution in [0.15, 0.2) is 21.5 Å². The summed E-state index contributed by atoms with van der Waals surface area (Å²) in [5, 5.41) is 29.8. The van der Waals surface area contributed by atoms with Crippen LogP contribution in [0.25, 0.3) is 11.1 Å². The quantitative estimate of drug-likeness (QED) is 0.564. The van der Waals surface area contributed by atoms with Crippen molar-refractivity contribution in [2.24, 2.45) is 0 Å². The van der Waals surface area contributed by atoms with E-state index in [1.165, 1.54) is 31.9 Å². The highest BCUT2D eigenvalue weighted by molar-refractivity contribution is 5.72. The van der Waals surface area contributed by atoms with E-state index in [4.69, 9.17) is 9.15 Å². The van der Waals surface area contributed by atoms with Crippen LogP contribution in [0.1, 0.15) is 57.4 Å². The van der Waals surface area contributed by atoms with Crippen molar-refractivity contribution < 1.29 is 24.5 Å². The van der Waals surface area contributed by atoms with E-state index in [-0.39, 0.29) is 5.71 Å². The molecule has 0 unspecified atom stereocenters. The molecule has 3 N–H and O–H groups in total. The van der Waals surface area contributed by atoms with Crippen molar-refractivity contribution in [1.29, 1.82) is 0 Å². The Morgan fingerprint density at radius 3 is 2.59 bits per heavy atom. The summed E-state index contributed by atoms with van der Waals surface area (Å²) in [5.74, 6) is 0.770. The van der Waals surface area contributed by atoms with Gasteiger partial charge in [0, 0.05) is 12.6 Å². The lowest BCUT2D eigenvalue weighted by atomic mass is 10.1. The van der Waals surface area contributed by atoms with Gasteiger partial charge in [0.15, 0.2) is 6.23 Å². The van der Waals surface area contributed by atoms with Crippen LogP contribution in [0.3, 0.4) is 0 Å². The molecule has 0 saturated carbocycles. The van der Waals surface area contributed by atoms with Crippen molar-refractivity contribution in [2.45, 2.75) is 76.4 Å². The Balaban J connectivity index is 1.70. The van der Waals surface area contributed by atoms with Gasteiger partial charge in [-0.2, -0.15) is 4.98 Å². The van der Waals surface area contributed by atoms with Gasteiger partial charge in [0.25, 0.3) is 0 Å². The number of hydrogen-bond donors (Lipinski definition) is 3. The van der Waals surface area contributed by atoms with Crippen LogP contribution in [0.5, 0.6) is 0 Å². The highest BCUT2D eigenvalue weighted by atomic mass is 16.6. The van der Waals surface area contributed by atoms with Crippen LogP contribution in [-0.4, -0.2) is 49.8 Å². The third-order valence-corrected chi connectivity index (χ3v) is 5.06. The highest BCUT2D eigenvalue weighted by Crippen LogP contribution is 2.29. The zero-order chi connectivity index (χ0) is 19.4. The molecule has 8 heteroatoms. The summed E-state index contributed by atoms with van der Waals surface area (Å²) in [4.78, 5) is 16.2. The molecule has 0 aromatic carbocycles. The van der Waals surface area contributed by atoms with Crippen LogP contribution in [0.4, 0.5) is 0 Å². The topological polar surface area (TPSA) is 118 Å². The number of furan rings is 1. The number of fused-ring (bicyclic) bond motifs is 1. The standard InChI is InChI=1S/C19H28N2O6/c1-2-3-4-5-6-7-8-13-9-12-10-21(19(25)20-17(12)26-13)18-16(24)15(23)14(11-22)27-18/h9-10,14-16,18,22-24H,2-8,11H2,1H3/t14-,15-,16+,18-/m1/s1. The number of rotatable bonds is 9. The molecule has 0 spiro atoms. The van der Waals surface area contributed by atoms with Crippen molar-refractivity contribution in [2.75, 3.05) is 6.61 Å². The van der Waals surface area contributed by atoms with Gasteiger partial charge in [-0.3, -0.25) is 4.57 Å². The second-order valence-electron chi connectivity index (χ2n) is 7.15. The van der Waals surface area contributed by atoms with Gasteiger partial charge < -0.3 is 24.5 Å². The second-order valence-corrected chi connectivity index (χ2v) is 7.15. The lowest BCUT2D eigenvalue weighted by Gasteiger charge is -2.16. The van der Waals surface area contributed by atoms with E-state index in [1.54, 1.807) is 0 Å². The molecule has 0 radical (unpaired) electrons. The molecule has 8 nitrogen and oxygen atoms in total. The molecule has 4 atom stereocenters. The highest BCUT2D eigenvalue weighted by Gasteiger charge is 2.43. The van der Waals surface area contributed by atoms with E-state index in [0.29, 0.717) is 5.39 Å². The van der Waals surface area contributed by atoms with Crippen LogP contribution in [-0.2, 0) is 11.2 Å². The molecule has 0 amide bonds.